The summed E-state index contributed by atoms with van der Waals surface area (Å²) in [7, 11) is -5.84. The summed E-state index contributed by atoms with van der Waals surface area (Å²) in [6, 6.07) is 67.3. The highest BCUT2D eigenvalue weighted by Crippen LogP contribution is 2.52. The highest BCUT2D eigenvalue weighted by atomic mass is 35.5. The fourth-order valence-corrected chi connectivity index (χ4v) is 11.1. The molecule has 0 fully saturated rings. The van der Waals surface area contributed by atoms with Crippen LogP contribution in [0.3, 0.4) is 0 Å². The molecule has 11 rings (SSSR count). The lowest BCUT2D eigenvalue weighted by Crippen LogP contribution is -2.21. The first-order chi connectivity index (χ1) is 33.2. The van der Waals surface area contributed by atoms with Crippen LogP contribution in [0.25, 0.3) is 66.8 Å². The molecular weight excluding hydrogens is 972 g/mol. The van der Waals surface area contributed by atoms with Gasteiger partial charge >= 0.3 is 15.6 Å². The van der Waals surface area contributed by atoms with Gasteiger partial charge in [0.2, 0.25) is 0 Å². The van der Waals surface area contributed by atoms with E-state index in [4.69, 9.17) is 47.8 Å². The van der Waals surface area contributed by atoms with Gasteiger partial charge in [0, 0.05) is 30.4 Å². The molecule has 11 heteroatoms. The third-order valence-electron chi connectivity index (χ3n) is 12.6. The molecule has 0 bridgehead atoms. The van der Waals surface area contributed by atoms with Crippen LogP contribution in [0.5, 0.6) is 0 Å². The van der Waals surface area contributed by atoms with Crippen LogP contribution in [0.15, 0.2) is 198 Å². The molecule has 0 spiro atoms. The predicted octanol–water partition coefficient (Wildman–Crippen LogP) is 17.6. The van der Waals surface area contributed by atoms with E-state index in [0.717, 1.165) is 62.0 Å². The molecule has 0 unspecified atom stereocenters. The lowest BCUT2D eigenvalue weighted by molar-refractivity contribution is -0.0510. The van der Waals surface area contributed by atoms with Gasteiger partial charge in [0.1, 0.15) is 0 Å². The summed E-state index contributed by atoms with van der Waals surface area (Å²) in [6.07, 6.45) is 2.56. The first-order valence-electron chi connectivity index (χ1n) is 21.9. The molecule has 3 nitrogen and oxygen atoms in total. The van der Waals surface area contributed by atoms with E-state index < -0.39 is 15.6 Å². The molecule has 0 amide bonds. The van der Waals surface area contributed by atoms with Crippen LogP contribution >= 0.6 is 46.6 Å². The maximum atomic E-state index is 10.7. The summed E-state index contributed by atoms with van der Waals surface area (Å²) in [5, 5.41) is 2.23. The molecule has 0 heterocycles. The molecule has 2 aliphatic rings. The van der Waals surface area contributed by atoms with Crippen molar-refractivity contribution >= 4 is 56.7 Å². The number of fused-ring (bicyclic) bond motifs is 6. The van der Waals surface area contributed by atoms with Gasteiger partial charge in [-0.25, -0.2) is 0 Å². The Kier molecular flexibility index (Phi) is 12.8. The number of alkyl halides is 3. The first-order valence-corrected chi connectivity index (χ1v) is 25.3. The smallest absolute Gasteiger partial charge is 0.279 e. The molecule has 9 aromatic carbocycles. The van der Waals surface area contributed by atoms with Crippen molar-refractivity contribution in [2.75, 3.05) is 0 Å². The molecule has 69 heavy (non-hydrogen) atoms. The van der Waals surface area contributed by atoms with Crippen molar-refractivity contribution in [3.8, 4) is 66.8 Å². The van der Waals surface area contributed by atoms with Crippen molar-refractivity contribution in [3.63, 3.8) is 0 Å². The van der Waals surface area contributed by atoms with Gasteiger partial charge in [-0.05, 0) is 168 Å². The summed E-state index contributed by atoms with van der Waals surface area (Å²) in [5.74, 6) is 0. The molecule has 0 aromatic heterocycles. The molecule has 0 saturated heterocycles. The molecule has 0 saturated carbocycles. The summed E-state index contributed by atoms with van der Waals surface area (Å²) in [6.45, 7) is 0. The number of halogens is 6. The third kappa shape index (κ3) is 9.38. The van der Waals surface area contributed by atoms with E-state index >= 15 is 0 Å². The van der Waals surface area contributed by atoms with Gasteiger partial charge in [0.15, 0.2) is 0 Å². The van der Waals surface area contributed by atoms with Gasteiger partial charge < -0.3 is 0 Å². The zero-order chi connectivity index (χ0) is 48.0. The fraction of sp³-hybridized carbons (Fsp3) is 0.0690. The van der Waals surface area contributed by atoms with Crippen LogP contribution in [0, 0.1) is 0 Å². The Labute approximate surface area is 418 Å². The summed E-state index contributed by atoms with van der Waals surface area (Å²) in [5.41, 5.74) is 16.9. The van der Waals surface area contributed by atoms with Crippen LogP contribution in [0.2, 0.25) is 15.1 Å². The second-order valence-electron chi connectivity index (χ2n) is 16.8. The SMILES string of the molecule is Clc1ccc(-c2c(-c3ccc(Sc4ccccc4-c4c(Cl)cc(Cc5ccccc5)c5c4Cc4ccccc4-5)cc3)cc3c(c2-c2ccc(Cl)cc2)Cc2ccccc2-3)cc1.O=S(=O)(O)C(F)(F)F. The minimum absolute atomic E-state index is 0.715. The minimum atomic E-state index is -5.84. The van der Waals surface area contributed by atoms with Gasteiger partial charge in [0.05, 0.1) is 0 Å². The maximum absolute atomic E-state index is 10.7. The van der Waals surface area contributed by atoms with Gasteiger partial charge in [-0.3, -0.25) is 4.55 Å². The number of benzene rings is 9. The molecule has 342 valence electrons. The van der Waals surface area contributed by atoms with Crippen molar-refractivity contribution in [1.82, 2.24) is 0 Å². The Morgan fingerprint density at radius 2 is 1.00 bits per heavy atom. The lowest BCUT2D eigenvalue weighted by atomic mass is 9.82. The Morgan fingerprint density at radius 1 is 0.493 bits per heavy atom. The van der Waals surface area contributed by atoms with E-state index in [1.165, 1.54) is 77.2 Å². The highest BCUT2D eigenvalue weighted by Gasteiger charge is 2.44. The lowest BCUT2D eigenvalue weighted by Gasteiger charge is -2.21. The Balaban J connectivity index is 0.000000637. The van der Waals surface area contributed by atoms with E-state index in [1.54, 1.807) is 11.8 Å². The minimum Gasteiger partial charge on any atom is -0.279 e. The van der Waals surface area contributed by atoms with Crippen molar-refractivity contribution in [2.24, 2.45) is 0 Å². The van der Waals surface area contributed by atoms with E-state index in [1.807, 2.05) is 24.3 Å². The van der Waals surface area contributed by atoms with Crippen LogP contribution in [-0.2, 0) is 29.4 Å². The first kappa shape index (κ1) is 46.6. The average molecular weight is 1010 g/mol. The van der Waals surface area contributed by atoms with Crippen LogP contribution in [-0.4, -0.2) is 18.5 Å². The van der Waals surface area contributed by atoms with E-state index in [0.29, 0.717) is 5.02 Å². The van der Waals surface area contributed by atoms with Crippen LogP contribution < -0.4 is 0 Å². The number of rotatable bonds is 8. The topological polar surface area (TPSA) is 54.4 Å². The second kappa shape index (κ2) is 19.0. The van der Waals surface area contributed by atoms with Crippen LogP contribution in [0.1, 0.15) is 33.4 Å². The molecular formula is C58H38Cl3F3O3S2. The standard InChI is InChI=1S/C57H37Cl3S.CHF3O3S/c58-42-24-18-37(19-25-42)55-48(34-49-45-14-6-4-12-39(45)31-50(49)56(55)38-20-26-43(59)27-21-38)36-22-28-44(29-23-36)61-53-17-9-8-16-47(53)57-51-32-40-13-5-7-15-46(40)54(51)41(33-52(57)60)30-35-10-2-1-3-11-35;2-1(3,4)8(5,6)7/h1-29,33-34H,30-32H2;(H,5,6,7). The predicted molar refractivity (Wildman–Crippen MR) is 277 cm³/mol. The van der Waals surface area contributed by atoms with Gasteiger partial charge in [0.25, 0.3) is 0 Å². The van der Waals surface area contributed by atoms with E-state index in [-0.39, 0.29) is 0 Å². The fourth-order valence-electron chi connectivity index (χ4n) is 9.57. The number of hydrogen-bond donors (Lipinski definition) is 1. The summed E-state index contributed by atoms with van der Waals surface area (Å²) >= 11 is 22.2. The normalized spacial score (nSPS) is 12.4. The van der Waals surface area contributed by atoms with Crippen molar-refractivity contribution in [3.05, 3.63) is 237 Å². The van der Waals surface area contributed by atoms with E-state index in [9.17, 15) is 13.2 Å². The number of hydrogen-bond acceptors (Lipinski definition) is 3. The Bertz CT molecular complexity index is 3530. The molecule has 1 N–H and O–H groups in total. The van der Waals surface area contributed by atoms with Crippen molar-refractivity contribution in [2.45, 2.75) is 34.6 Å². The average Bonchev–Trinajstić information content (AvgIpc) is 3.91. The zero-order valence-corrected chi connectivity index (χ0v) is 40.3. The Morgan fingerprint density at radius 3 is 1.62 bits per heavy atom. The van der Waals surface area contributed by atoms with Crippen molar-refractivity contribution in [1.29, 1.82) is 0 Å². The monoisotopic (exact) mass is 1010 g/mol. The van der Waals surface area contributed by atoms with E-state index in [2.05, 4.69) is 164 Å². The molecule has 0 atom stereocenters. The van der Waals surface area contributed by atoms with Crippen molar-refractivity contribution < 1.29 is 26.1 Å². The largest absolute Gasteiger partial charge is 0.522 e. The quantitative estimate of drug-likeness (QED) is 0.122. The van der Waals surface area contributed by atoms with Gasteiger partial charge in [-0.1, -0.05) is 180 Å². The second-order valence-corrected chi connectivity index (χ2v) is 20.6. The zero-order valence-electron chi connectivity index (χ0n) is 36.4. The molecule has 0 radical (unpaired) electrons. The maximum Gasteiger partial charge on any atom is 0.522 e. The Hall–Kier alpha value is -6.10. The molecule has 2 aliphatic carbocycles. The molecule has 0 aliphatic heterocycles. The summed E-state index contributed by atoms with van der Waals surface area (Å²) in [4.78, 5) is 2.33. The third-order valence-corrected chi connectivity index (χ3v) is 15.0. The van der Waals surface area contributed by atoms with Crippen LogP contribution in [0.4, 0.5) is 13.2 Å². The summed E-state index contributed by atoms with van der Waals surface area (Å²) < 4.78 is 57.5. The van der Waals surface area contributed by atoms with Gasteiger partial charge in [-0.15, -0.1) is 0 Å². The molecule has 9 aromatic rings. The van der Waals surface area contributed by atoms with Gasteiger partial charge in [-0.2, -0.15) is 21.6 Å². The highest BCUT2D eigenvalue weighted by molar-refractivity contribution is 7.99.